The molecule has 2 N–H and O–H groups in total. The second kappa shape index (κ2) is 5.53. The van der Waals surface area contributed by atoms with Crippen LogP contribution < -0.4 is 15.5 Å². The number of nitrogens with zero attached hydrogens (tertiary/aromatic N) is 1. The van der Waals surface area contributed by atoms with Crippen LogP contribution in [0.4, 0.5) is 10.5 Å². The summed E-state index contributed by atoms with van der Waals surface area (Å²) in [6, 6.07) is 7.59. The molecule has 1 heterocycles. The van der Waals surface area contributed by atoms with E-state index in [-0.39, 0.29) is 12.5 Å². The third-order valence-corrected chi connectivity index (χ3v) is 2.91. The van der Waals surface area contributed by atoms with Gasteiger partial charge in [0.25, 0.3) is 0 Å². The highest BCUT2D eigenvalue weighted by molar-refractivity contribution is 5.96. The Balaban J connectivity index is 1.91. The molecule has 0 aromatic heterocycles. The zero-order valence-electron chi connectivity index (χ0n) is 10.4. The number of carbonyl (C=O) groups excluding carboxylic acids is 2. The Morgan fingerprint density at radius 1 is 1.33 bits per heavy atom. The number of carbonyl (C=O) groups is 2. The van der Waals surface area contributed by atoms with Crippen molar-refractivity contribution in [1.29, 1.82) is 0 Å². The Morgan fingerprint density at radius 3 is 2.89 bits per heavy atom. The summed E-state index contributed by atoms with van der Waals surface area (Å²) in [7, 11) is 0. The van der Waals surface area contributed by atoms with E-state index in [4.69, 9.17) is 0 Å². The van der Waals surface area contributed by atoms with Gasteiger partial charge in [-0.1, -0.05) is 18.2 Å². The van der Waals surface area contributed by atoms with E-state index in [9.17, 15) is 9.59 Å². The SMILES string of the molecule is CCNC(=O)NC(=O)CN1CCc2ccccc21. The molecule has 0 unspecified atom stereocenters. The molecule has 5 heteroatoms. The normalized spacial score (nSPS) is 13.1. The topological polar surface area (TPSA) is 61.4 Å². The average Bonchev–Trinajstić information content (AvgIpc) is 2.73. The van der Waals surface area contributed by atoms with Crippen LogP contribution in [0.3, 0.4) is 0 Å². The number of hydrogen-bond donors (Lipinski definition) is 2. The van der Waals surface area contributed by atoms with Crippen molar-refractivity contribution in [1.82, 2.24) is 10.6 Å². The molecule has 0 aliphatic carbocycles. The lowest BCUT2D eigenvalue weighted by molar-refractivity contribution is -0.118. The fourth-order valence-corrected chi connectivity index (χ4v) is 2.12. The van der Waals surface area contributed by atoms with Crippen LogP contribution in [-0.2, 0) is 11.2 Å². The first kappa shape index (κ1) is 12.4. The van der Waals surface area contributed by atoms with Crippen LogP contribution in [0.25, 0.3) is 0 Å². The number of hydrogen-bond acceptors (Lipinski definition) is 3. The second-order valence-corrected chi connectivity index (χ2v) is 4.21. The number of amides is 3. The predicted molar refractivity (Wildman–Crippen MR) is 69.6 cm³/mol. The fraction of sp³-hybridized carbons (Fsp3) is 0.385. The van der Waals surface area contributed by atoms with Crippen LogP contribution in [0, 0.1) is 0 Å². The molecule has 1 aliphatic heterocycles. The molecule has 96 valence electrons. The maximum absolute atomic E-state index is 11.7. The van der Waals surface area contributed by atoms with Crippen molar-refractivity contribution in [3.8, 4) is 0 Å². The maximum atomic E-state index is 11.7. The minimum Gasteiger partial charge on any atom is -0.362 e. The second-order valence-electron chi connectivity index (χ2n) is 4.21. The van der Waals surface area contributed by atoms with Gasteiger partial charge in [0, 0.05) is 18.8 Å². The third-order valence-electron chi connectivity index (χ3n) is 2.91. The quantitative estimate of drug-likeness (QED) is 0.834. The summed E-state index contributed by atoms with van der Waals surface area (Å²) in [5, 5.41) is 4.84. The van der Waals surface area contributed by atoms with E-state index < -0.39 is 6.03 Å². The van der Waals surface area contributed by atoms with Crippen LogP contribution in [-0.4, -0.2) is 31.6 Å². The smallest absolute Gasteiger partial charge is 0.321 e. The molecule has 0 radical (unpaired) electrons. The standard InChI is InChI=1S/C13H17N3O2/c1-2-14-13(18)15-12(17)9-16-8-7-10-5-3-4-6-11(10)16/h3-6H,2,7-9H2,1H3,(H2,14,15,17,18). The zero-order chi connectivity index (χ0) is 13.0. The Bertz CT molecular complexity index is 459. The van der Waals surface area contributed by atoms with Crippen LogP contribution >= 0.6 is 0 Å². The van der Waals surface area contributed by atoms with Gasteiger partial charge < -0.3 is 10.2 Å². The lowest BCUT2D eigenvalue weighted by Gasteiger charge is -2.18. The number of imide groups is 1. The van der Waals surface area contributed by atoms with Gasteiger partial charge >= 0.3 is 6.03 Å². The zero-order valence-corrected chi connectivity index (χ0v) is 10.4. The predicted octanol–water partition coefficient (Wildman–Crippen LogP) is 0.895. The van der Waals surface area contributed by atoms with Gasteiger partial charge in [-0.3, -0.25) is 10.1 Å². The molecule has 18 heavy (non-hydrogen) atoms. The van der Waals surface area contributed by atoms with Gasteiger partial charge in [-0.25, -0.2) is 4.79 Å². The van der Waals surface area contributed by atoms with Gasteiger partial charge in [-0.15, -0.1) is 0 Å². The van der Waals surface area contributed by atoms with E-state index in [1.54, 1.807) is 6.92 Å². The summed E-state index contributed by atoms with van der Waals surface area (Å²) in [4.78, 5) is 24.9. The minimum atomic E-state index is -0.435. The maximum Gasteiger partial charge on any atom is 0.321 e. The molecule has 1 aromatic carbocycles. The van der Waals surface area contributed by atoms with Gasteiger partial charge in [-0.05, 0) is 25.0 Å². The van der Waals surface area contributed by atoms with Crippen LogP contribution in [0.15, 0.2) is 24.3 Å². The van der Waals surface area contributed by atoms with Crippen molar-refractivity contribution in [2.24, 2.45) is 0 Å². The Labute approximate surface area is 106 Å². The number of urea groups is 1. The number of fused-ring (bicyclic) bond motifs is 1. The van der Waals surface area contributed by atoms with Crippen molar-refractivity contribution in [3.63, 3.8) is 0 Å². The highest BCUT2D eigenvalue weighted by Gasteiger charge is 2.20. The molecule has 3 amide bonds. The van der Waals surface area contributed by atoms with Gasteiger partial charge in [0.2, 0.25) is 5.91 Å². The highest BCUT2D eigenvalue weighted by atomic mass is 16.2. The Morgan fingerprint density at radius 2 is 2.11 bits per heavy atom. The van der Waals surface area contributed by atoms with E-state index in [1.807, 2.05) is 23.1 Å². The number of rotatable bonds is 3. The van der Waals surface area contributed by atoms with Crippen LogP contribution in [0.2, 0.25) is 0 Å². The van der Waals surface area contributed by atoms with Crippen molar-refractivity contribution in [2.75, 3.05) is 24.5 Å². The van der Waals surface area contributed by atoms with Gasteiger partial charge in [0.05, 0.1) is 6.54 Å². The fourth-order valence-electron chi connectivity index (χ4n) is 2.12. The molecular formula is C13H17N3O2. The van der Waals surface area contributed by atoms with Crippen LogP contribution in [0.5, 0.6) is 0 Å². The summed E-state index contributed by atoms with van der Waals surface area (Å²) >= 11 is 0. The number of benzene rings is 1. The number of para-hydroxylation sites is 1. The van der Waals surface area contributed by atoms with E-state index >= 15 is 0 Å². The van der Waals surface area contributed by atoms with Gasteiger partial charge in [-0.2, -0.15) is 0 Å². The molecule has 0 saturated heterocycles. The lowest BCUT2D eigenvalue weighted by atomic mass is 10.2. The largest absolute Gasteiger partial charge is 0.362 e. The molecule has 1 aromatic rings. The Kier molecular flexibility index (Phi) is 3.82. The summed E-state index contributed by atoms with van der Waals surface area (Å²) in [6.45, 7) is 3.35. The van der Waals surface area contributed by atoms with Crippen molar-refractivity contribution in [2.45, 2.75) is 13.3 Å². The Hall–Kier alpha value is -2.04. The third kappa shape index (κ3) is 2.80. The van der Waals surface area contributed by atoms with E-state index in [0.717, 1.165) is 18.7 Å². The first-order valence-electron chi connectivity index (χ1n) is 6.11. The molecule has 0 fully saturated rings. The van der Waals surface area contributed by atoms with Crippen molar-refractivity contribution < 1.29 is 9.59 Å². The molecule has 0 spiro atoms. The summed E-state index contributed by atoms with van der Waals surface area (Å²) in [5.74, 6) is -0.280. The molecule has 0 atom stereocenters. The average molecular weight is 247 g/mol. The van der Waals surface area contributed by atoms with E-state index in [1.165, 1.54) is 5.56 Å². The van der Waals surface area contributed by atoms with Crippen molar-refractivity contribution in [3.05, 3.63) is 29.8 Å². The first-order valence-corrected chi connectivity index (χ1v) is 6.11. The molecule has 0 bridgehead atoms. The number of anilines is 1. The van der Waals surface area contributed by atoms with Crippen LogP contribution in [0.1, 0.15) is 12.5 Å². The summed E-state index contributed by atoms with van der Waals surface area (Å²) in [5.41, 5.74) is 2.34. The van der Waals surface area contributed by atoms with Crippen molar-refractivity contribution >= 4 is 17.6 Å². The minimum absolute atomic E-state index is 0.216. The molecule has 5 nitrogen and oxygen atoms in total. The van der Waals surface area contributed by atoms with Gasteiger partial charge in [0.1, 0.15) is 0 Å². The van der Waals surface area contributed by atoms with E-state index in [2.05, 4.69) is 16.7 Å². The number of nitrogens with one attached hydrogen (secondary N) is 2. The summed E-state index contributed by atoms with van der Waals surface area (Å²) < 4.78 is 0. The first-order chi connectivity index (χ1) is 8.70. The molecule has 2 rings (SSSR count). The molecule has 0 saturated carbocycles. The molecular weight excluding hydrogens is 230 g/mol. The summed E-state index contributed by atoms with van der Waals surface area (Å²) in [6.07, 6.45) is 0.949. The lowest BCUT2D eigenvalue weighted by Crippen LogP contribution is -2.44. The monoisotopic (exact) mass is 247 g/mol. The van der Waals surface area contributed by atoms with Gasteiger partial charge in [0.15, 0.2) is 0 Å². The molecule has 1 aliphatic rings. The van der Waals surface area contributed by atoms with E-state index in [0.29, 0.717) is 6.54 Å². The highest BCUT2D eigenvalue weighted by Crippen LogP contribution is 2.26.